The molecule has 1 N–H and O–H groups in total. The number of nitrogens with zero attached hydrogens (tertiary/aromatic N) is 1. The van der Waals surface area contributed by atoms with Gasteiger partial charge < -0.3 is 14.7 Å². The van der Waals surface area contributed by atoms with Gasteiger partial charge in [0.15, 0.2) is 0 Å². The summed E-state index contributed by atoms with van der Waals surface area (Å²) in [4.78, 5) is 14.3. The van der Waals surface area contributed by atoms with Crippen molar-refractivity contribution in [2.45, 2.75) is 25.7 Å². The summed E-state index contributed by atoms with van der Waals surface area (Å²) in [6.45, 7) is 1.89. The number of aliphatic hydroxyl groups is 1. The summed E-state index contributed by atoms with van der Waals surface area (Å²) in [6, 6.07) is 5.91. The van der Waals surface area contributed by atoms with E-state index in [1.54, 1.807) is 7.11 Å². The number of likely N-dealkylation sites (tertiary alicyclic amines) is 1. The average molecular weight is 289 g/mol. The fourth-order valence-electron chi connectivity index (χ4n) is 2.99. The van der Waals surface area contributed by atoms with Crippen molar-refractivity contribution in [3.8, 4) is 5.75 Å². The molecule has 1 aliphatic rings. The van der Waals surface area contributed by atoms with E-state index in [1.807, 2.05) is 30.9 Å². The number of hydrogen-bond acceptors (Lipinski definition) is 3. The van der Waals surface area contributed by atoms with Gasteiger partial charge in [-0.05, 0) is 42.3 Å². The van der Waals surface area contributed by atoms with Crippen LogP contribution in [0.5, 0.6) is 5.75 Å². The Morgan fingerprint density at radius 2 is 2.14 bits per heavy atom. The van der Waals surface area contributed by atoms with Crippen molar-refractivity contribution >= 4 is 19.2 Å². The Kier molecular flexibility index (Phi) is 5.68. The number of benzene rings is 1. The van der Waals surface area contributed by atoms with E-state index in [0.717, 1.165) is 49.1 Å². The first-order valence-electron chi connectivity index (χ1n) is 7.66. The molecule has 0 atom stereocenters. The highest BCUT2D eigenvalue weighted by molar-refractivity contribution is 6.34. The Morgan fingerprint density at radius 3 is 2.71 bits per heavy atom. The van der Waals surface area contributed by atoms with Crippen molar-refractivity contribution in [1.82, 2.24) is 4.90 Å². The molecule has 5 heteroatoms. The van der Waals surface area contributed by atoms with Crippen LogP contribution in [0.25, 0.3) is 0 Å². The number of piperidine rings is 1. The van der Waals surface area contributed by atoms with Crippen LogP contribution in [0.4, 0.5) is 0 Å². The first-order chi connectivity index (χ1) is 10.1. The Morgan fingerprint density at radius 1 is 1.43 bits per heavy atom. The zero-order valence-corrected chi connectivity index (χ0v) is 13.0. The highest BCUT2D eigenvalue weighted by atomic mass is 16.5. The van der Waals surface area contributed by atoms with E-state index in [9.17, 15) is 4.79 Å². The van der Waals surface area contributed by atoms with Crippen molar-refractivity contribution < 1.29 is 14.6 Å². The van der Waals surface area contributed by atoms with Gasteiger partial charge in [0.05, 0.1) is 13.5 Å². The number of carbonyl (C=O) groups is 1. The minimum Gasteiger partial charge on any atom is -0.497 e. The molecule has 1 saturated heterocycles. The maximum Gasteiger partial charge on any atom is 0.226 e. The van der Waals surface area contributed by atoms with Crippen LogP contribution in [0.1, 0.15) is 24.8 Å². The molecule has 0 aromatic heterocycles. The number of methoxy groups -OCH3 is 1. The monoisotopic (exact) mass is 289 g/mol. The number of ether oxygens (including phenoxy) is 1. The first kappa shape index (κ1) is 15.9. The van der Waals surface area contributed by atoms with Gasteiger partial charge in [-0.15, -0.1) is 0 Å². The summed E-state index contributed by atoms with van der Waals surface area (Å²) in [5, 5.41) is 8.97. The quantitative estimate of drug-likeness (QED) is 0.783. The third-order valence-electron chi connectivity index (χ3n) is 4.32. The lowest BCUT2D eigenvalue weighted by atomic mass is 9.91. The highest BCUT2D eigenvalue weighted by Gasteiger charge is 2.22. The van der Waals surface area contributed by atoms with Gasteiger partial charge >= 0.3 is 0 Å². The Bertz CT molecular complexity index is 484. The van der Waals surface area contributed by atoms with E-state index >= 15 is 0 Å². The molecule has 2 rings (SSSR count). The molecule has 114 valence electrons. The van der Waals surface area contributed by atoms with E-state index in [-0.39, 0.29) is 12.5 Å². The van der Waals surface area contributed by atoms with E-state index < -0.39 is 0 Å². The molecule has 1 aromatic carbocycles. The lowest BCUT2D eigenvalue weighted by Crippen LogP contribution is -2.39. The minimum atomic E-state index is 0.196. The third kappa shape index (κ3) is 4.24. The first-order valence-corrected chi connectivity index (χ1v) is 7.66. The van der Waals surface area contributed by atoms with Gasteiger partial charge in [0.2, 0.25) is 5.91 Å². The smallest absolute Gasteiger partial charge is 0.226 e. The van der Waals surface area contributed by atoms with Crippen LogP contribution >= 0.6 is 0 Å². The zero-order chi connectivity index (χ0) is 15.2. The molecule has 4 nitrogen and oxygen atoms in total. The molecule has 0 bridgehead atoms. The molecule has 0 aliphatic carbocycles. The molecule has 1 amide bonds. The normalized spacial score (nSPS) is 16.0. The summed E-state index contributed by atoms with van der Waals surface area (Å²) in [5.41, 5.74) is 2.10. The van der Waals surface area contributed by atoms with Crippen molar-refractivity contribution in [2.24, 2.45) is 5.92 Å². The minimum absolute atomic E-state index is 0.196. The van der Waals surface area contributed by atoms with Crippen LogP contribution in [0, 0.1) is 5.92 Å². The summed E-state index contributed by atoms with van der Waals surface area (Å²) in [6.07, 6.45) is 3.33. The Hall–Kier alpha value is -1.49. The molecular formula is C16H24BNO3. The molecule has 1 heterocycles. The van der Waals surface area contributed by atoms with E-state index in [2.05, 4.69) is 0 Å². The molecule has 1 aromatic rings. The molecule has 0 spiro atoms. The second-order valence-corrected chi connectivity index (χ2v) is 5.82. The number of carbonyl (C=O) groups excluding carboxylic acids is 1. The summed E-state index contributed by atoms with van der Waals surface area (Å²) in [5.74, 6) is 1.63. The maximum absolute atomic E-state index is 12.3. The van der Waals surface area contributed by atoms with E-state index in [1.165, 1.54) is 0 Å². The van der Waals surface area contributed by atoms with Crippen LogP contribution in [0.2, 0.25) is 0 Å². The van der Waals surface area contributed by atoms with Gasteiger partial charge in [-0.2, -0.15) is 0 Å². The van der Waals surface area contributed by atoms with E-state index in [0.29, 0.717) is 12.3 Å². The lowest BCUT2D eigenvalue weighted by molar-refractivity contribution is -0.131. The molecular weight excluding hydrogens is 265 g/mol. The Labute approximate surface area is 127 Å². The lowest BCUT2D eigenvalue weighted by Gasteiger charge is -2.32. The SMILES string of the molecule is Bc1cc(CC(=O)N2CCC(CCO)CC2)ccc1OC. The topological polar surface area (TPSA) is 49.8 Å². The van der Waals surface area contributed by atoms with Crippen molar-refractivity contribution in [3.63, 3.8) is 0 Å². The maximum atomic E-state index is 12.3. The summed E-state index contributed by atoms with van der Waals surface area (Å²) in [7, 11) is 3.65. The second kappa shape index (κ2) is 7.50. The third-order valence-corrected chi connectivity index (χ3v) is 4.32. The molecule has 0 radical (unpaired) electrons. The number of aliphatic hydroxyl groups excluding tert-OH is 1. The van der Waals surface area contributed by atoms with E-state index in [4.69, 9.17) is 9.84 Å². The second-order valence-electron chi connectivity index (χ2n) is 5.82. The number of rotatable bonds is 5. The van der Waals surface area contributed by atoms with Gasteiger partial charge in [-0.25, -0.2) is 0 Å². The van der Waals surface area contributed by atoms with Crippen LogP contribution in [-0.2, 0) is 11.2 Å². The van der Waals surface area contributed by atoms with Crippen LogP contribution in [-0.4, -0.2) is 50.6 Å². The van der Waals surface area contributed by atoms with Crippen LogP contribution in [0.3, 0.4) is 0 Å². The zero-order valence-electron chi connectivity index (χ0n) is 13.0. The van der Waals surface area contributed by atoms with Crippen LogP contribution in [0.15, 0.2) is 18.2 Å². The molecule has 21 heavy (non-hydrogen) atoms. The van der Waals surface area contributed by atoms with Crippen molar-refractivity contribution in [3.05, 3.63) is 23.8 Å². The fourth-order valence-corrected chi connectivity index (χ4v) is 2.99. The average Bonchev–Trinajstić information content (AvgIpc) is 2.48. The molecule has 1 aliphatic heterocycles. The molecule has 1 fully saturated rings. The highest BCUT2D eigenvalue weighted by Crippen LogP contribution is 2.20. The predicted molar refractivity (Wildman–Crippen MR) is 85.9 cm³/mol. The number of hydrogen-bond donors (Lipinski definition) is 1. The van der Waals surface area contributed by atoms with Gasteiger partial charge in [0.25, 0.3) is 0 Å². The fraction of sp³-hybridized carbons (Fsp3) is 0.562. The molecule has 0 unspecified atom stereocenters. The predicted octanol–water partition coefficient (Wildman–Crippen LogP) is 0.117. The molecule has 0 saturated carbocycles. The van der Waals surface area contributed by atoms with Crippen LogP contribution < -0.4 is 10.2 Å². The largest absolute Gasteiger partial charge is 0.497 e. The Balaban J connectivity index is 1.89. The van der Waals surface area contributed by atoms with Crippen molar-refractivity contribution in [1.29, 1.82) is 0 Å². The van der Waals surface area contributed by atoms with Gasteiger partial charge in [0, 0.05) is 19.7 Å². The standard InChI is InChI=1S/C16H24BNO3/c1-21-15-3-2-13(10-14(15)17)11-16(20)18-7-4-12(5-8-18)6-9-19/h2-3,10,12,19H,4-9,11,17H2,1H3. The number of amides is 1. The van der Waals surface area contributed by atoms with Gasteiger partial charge in [0.1, 0.15) is 13.6 Å². The van der Waals surface area contributed by atoms with Crippen molar-refractivity contribution in [2.75, 3.05) is 26.8 Å². The van der Waals surface area contributed by atoms with Gasteiger partial charge in [-0.1, -0.05) is 12.1 Å². The summed E-state index contributed by atoms with van der Waals surface area (Å²) >= 11 is 0. The van der Waals surface area contributed by atoms with Gasteiger partial charge in [-0.3, -0.25) is 4.79 Å². The summed E-state index contributed by atoms with van der Waals surface area (Å²) < 4.78 is 5.24.